The third-order valence-electron chi connectivity index (χ3n) is 4.51. The van der Waals surface area contributed by atoms with Crippen molar-refractivity contribution in [2.24, 2.45) is 0 Å². The molecule has 136 valence electrons. The average molecular weight is 361 g/mol. The summed E-state index contributed by atoms with van der Waals surface area (Å²) in [5.74, 6) is 0.347. The van der Waals surface area contributed by atoms with E-state index >= 15 is 0 Å². The van der Waals surface area contributed by atoms with Gasteiger partial charge in [-0.1, -0.05) is 42.5 Å². The summed E-state index contributed by atoms with van der Waals surface area (Å²) in [6.07, 6.45) is 0. The lowest BCUT2D eigenvalue weighted by Crippen LogP contribution is -2.31. The average Bonchev–Trinajstić information content (AvgIpc) is 2.67. The summed E-state index contributed by atoms with van der Waals surface area (Å²) in [6.45, 7) is 1.92. The van der Waals surface area contributed by atoms with E-state index in [1.807, 2.05) is 31.2 Å². The first kappa shape index (κ1) is 16.9. The summed E-state index contributed by atoms with van der Waals surface area (Å²) < 4.78 is 5.37. The molecule has 0 saturated carbocycles. The van der Waals surface area contributed by atoms with Crippen LogP contribution in [0.15, 0.2) is 60.7 Å². The Morgan fingerprint density at radius 1 is 1.11 bits per heavy atom. The molecule has 0 fully saturated rings. The molecular weight excluding hydrogens is 342 g/mol. The van der Waals surface area contributed by atoms with Crippen LogP contribution in [0.1, 0.15) is 18.5 Å². The number of fused-ring (bicyclic) bond motifs is 2. The number of ether oxygens (including phenoxy) is 1. The van der Waals surface area contributed by atoms with Crippen molar-refractivity contribution < 1.29 is 14.3 Å². The van der Waals surface area contributed by atoms with E-state index in [1.54, 1.807) is 18.2 Å². The van der Waals surface area contributed by atoms with Gasteiger partial charge in [-0.3, -0.25) is 4.79 Å². The lowest BCUT2D eigenvalue weighted by atomic mass is 10.00. The van der Waals surface area contributed by atoms with E-state index in [2.05, 4.69) is 34.1 Å². The van der Waals surface area contributed by atoms with Gasteiger partial charge < -0.3 is 20.7 Å². The van der Waals surface area contributed by atoms with Gasteiger partial charge in [0, 0.05) is 11.8 Å². The molecule has 3 N–H and O–H groups in total. The second-order valence-electron chi connectivity index (χ2n) is 6.44. The minimum absolute atomic E-state index is 0.0270. The molecule has 1 unspecified atom stereocenters. The Morgan fingerprint density at radius 2 is 1.93 bits per heavy atom. The van der Waals surface area contributed by atoms with Crippen LogP contribution in [0.25, 0.3) is 10.8 Å². The van der Waals surface area contributed by atoms with Gasteiger partial charge in [0.25, 0.3) is 5.91 Å². The number of carbonyl (C=O) groups excluding carboxylic acids is 2. The van der Waals surface area contributed by atoms with Crippen LogP contribution in [-0.2, 0) is 4.79 Å². The van der Waals surface area contributed by atoms with E-state index in [0.29, 0.717) is 17.1 Å². The van der Waals surface area contributed by atoms with Crippen molar-refractivity contribution >= 4 is 34.1 Å². The van der Waals surface area contributed by atoms with Crippen LogP contribution in [0.5, 0.6) is 5.75 Å². The van der Waals surface area contributed by atoms with E-state index in [0.717, 1.165) is 16.3 Å². The van der Waals surface area contributed by atoms with Gasteiger partial charge in [0.05, 0.1) is 11.7 Å². The lowest BCUT2D eigenvalue weighted by molar-refractivity contribution is -0.118. The summed E-state index contributed by atoms with van der Waals surface area (Å²) in [5.41, 5.74) is 2.24. The molecule has 3 aromatic rings. The summed E-state index contributed by atoms with van der Waals surface area (Å²) in [5, 5.41) is 10.7. The second kappa shape index (κ2) is 6.99. The van der Waals surface area contributed by atoms with Gasteiger partial charge in [-0.15, -0.1) is 0 Å². The maximum atomic E-state index is 12.4. The fraction of sp³-hybridized carbons (Fsp3) is 0.143. The number of rotatable bonds is 3. The number of amides is 3. The van der Waals surface area contributed by atoms with Gasteiger partial charge in [-0.2, -0.15) is 0 Å². The fourth-order valence-corrected chi connectivity index (χ4v) is 3.22. The maximum absolute atomic E-state index is 12.4. The molecule has 6 nitrogen and oxygen atoms in total. The number of benzene rings is 3. The zero-order valence-corrected chi connectivity index (χ0v) is 14.8. The number of hydrogen-bond donors (Lipinski definition) is 3. The Balaban J connectivity index is 1.47. The van der Waals surface area contributed by atoms with E-state index in [1.165, 1.54) is 0 Å². The Morgan fingerprint density at radius 3 is 2.81 bits per heavy atom. The summed E-state index contributed by atoms with van der Waals surface area (Å²) in [6, 6.07) is 18.8. The predicted molar refractivity (Wildman–Crippen MR) is 105 cm³/mol. The first-order valence-corrected chi connectivity index (χ1v) is 8.72. The number of nitrogens with one attached hydrogen (secondary N) is 3. The molecule has 0 aliphatic carbocycles. The van der Waals surface area contributed by atoms with E-state index < -0.39 is 0 Å². The van der Waals surface area contributed by atoms with Gasteiger partial charge >= 0.3 is 6.03 Å². The molecule has 4 rings (SSSR count). The molecule has 0 bridgehead atoms. The standard InChI is InChI=1S/C21H19N3O3/c1-13(16-8-4-6-14-5-2-3-7-17(14)16)22-21(26)23-15-9-10-18-19(11-15)27-12-20(25)24-18/h2-11,13H,12H2,1H3,(H,24,25)(H2,22,23,26). The van der Waals surface area contributed by atoms with Crippen LogP contribution in [0.2, 0.25) is 0 Å². The van der Waals surface area contributed by atoms with Gasteiger partial charge in [0.15, 0.2) is 6.61 Å². The van der Waals surface area contributed by atoms with Crippen molar-refractivity contribution in [3.8, 4) is 5.75 Å². The summed E-state index contributed by atoms with van der Waals surface area (Å²) >= 11 is 0. The number of anilines is 2. The molecule has 27 heavy (non-hydrogen) atoms. The van der Waals surface area contributed by atoms with E-state index in [9.17, 15) is 9.59 Å². The van der Waals surface area contributed by atoms with Crippen molar-refractivity contribution in [2.75, 3.05) is 17.2 Å². The normalized spacial score (nSPS) is 13.9. The van der Waals surface area contributed by atoms with E-state index in [4.69, 9.17) is 4.74 Å². The molecule has 3 aromatic carbocycles. The first-order valence-electron chi connectivity index (χ1n) is 8.72. The molecule has 1 atom stereocenters. The van der Waals surface area contributed by atoms with Gasteiger partial charge in [0.2, 0.25) is 0 Å². The Hall–Kier alpha value is -3.54. The summed E-state index contributed by atoms with van der Waals surface area (Å²) in [4.78, 5) is 23.7. The molecule has 0 saturated heterocycles. The molecule has 0 spiro atoms. The minimum atomic E-state index is -0.310. The van der Waals surface area contributed by atoms with Crippen LogP contribution >= 0.6 is 0 Å². The van der Waals surface area contributed by atoms with Crippen LogP contribution in [-0.4, -0.2) is 18.5 Å². The van der Waals surface area contributed by atoms with E-state index in [-0.39, 0.29) is 24.6 Å². The minimum Gasteiger partial charge on any atom is -0.482 e. The Bertz CT molecular complexity index is 1030. The van der Waals surface area contributed by atoms with Crippen molar-refractivity contribution in [1.82, 2.24) is 5.32 Å². The molecule has 0 aromatic heterocycles. The molecular formula is C21H19N3O3. The van der Waals surface area contributed by atoms with Crippen molar-refractivity contribution in [3.05, 3.63) is 66.2 Å². The smallest absolute Gasteiger partial charge is 0.319 e. The molecule has 3 amide bonds. The second-order valence-corrected chi connectivity index (χ2v) is 6.44. The number of urea groups is 1. The molecule has 0 radical (unpaired) electrons. The van der Waals surface area contributed by atoms with Crippen molar-refractivity contribution in [2.45, 2.75) is 13.0 Å². The van der Waals surface area contributed by atoms with Gasteiger partial charge in [0.1, 0.15) is 5.75 Å². The van der Waals surface area contributed by atoms with Crippen molar-refractivity contribution in [1.29, 1.82) is 0 Å². The highest BCUT2D eigenvalue weighted by atomic mass is 16.5. The van der Waals surface area contributed by atoms with Crippen LogP contribution in [0, 0.1) is 0 Å². The predicted octanol–water partition coefficient (Wildman–Crippen LogP) is 4.05. The monoisotopic (exact) mass is 361 g/mol. The topological polar surface area (TPSA) is 79.5 Å². The molecule has 1 heterocycles. The highest BCUT2D eigenvalue weighted by Crippen LogP contribution is 2.30. The molecule has 6 heteroatoms. The number of hydrogen-bond acceptors (Lipinski definition) is 3. The van der Waals surface area contributed by atoms with Crippen molar-refractivity contribution in [3.63, 3.8) is 0 Å². The SMILES string of the molecule is CC(NC(=O)Nc1ccc2c(c1)OCC(=O)N2)c1cccc2ccccc12. The zero-order valence-electron chi connectivity index (χ0n) is 14.8. The third kappa shape index (κ3) is 3.55. The summed E-state index contributed by atoms with van der Waals surface area (Å²) in [7, 11) is 0. The third-order valence-corrected chi connectivity index (χ3v) is 4.51. The Kier molecular flexibility index (Phi) is 4.38. The van der Waals surface area contributed by atoms with Gasteiger partial charge in [-0.25, -0.2) is 4.79 Å². The molecule has 1 aliphatic rings. The van der Waals surface area contributed by atoms with Crippen LogP contribution in [0.3, 0.4) is 0 Å². The van der Waals surface area contributed by atoms with Crippen LogP contribution in [0.4, 0.5) is 16.2 Å². The quantitative estimate of drug-likeness (QED) is 0.658. The van der Waals surface area contributed by atoms with Crippen LogP contribution < -0.4 is 20.7 Å². The maximum Gasteiger partial charge on any atom is 0.319 e. The fourth-order valence-electron chi connectivity index (χ4n) is 3.22. The zero-order chi connectivity index (χ0) is 18.8. The Labute approximate surface area is 156 Å². The highest BCUT2D eigenvalue weighted by molar-refractivity contribution is 5.97. The lowest BCUT2D eigenvalue weighted by Gasteiger charge is -2.20. The largest absolute Gasteiger partial charge is 0.482 e. The highest BCUT2D eigenvalue weighted by Gasteiger charge is 2.17. The first-order chi connectivity index (χ1) is 13.1. The molecule has 1 aliphatic heterocycles. The number of carbonyl (C=O) groups is 2. The van der Waals surface area contributed by atoms with Gasteiger partial charge in [-0.05, 0) is 35.4 Å².